The average Bonchev–Trinajstić information content (AvgIpc) is 3.28. The topological polar surface area (TPSA) is 120 Å². The highest BCUT2D eigenvalue weighted by Crippen LogP contribution is 2.40. The van der Waals surface area contributed by atoms with E-state index in [1.165, 1.54) is 13.2 Å². The fourth-order valence-electron chi connectivity index (χ4n) is 4.37. The summed E-state index contributed by atoms with van der Waals surface area (Å²) in [5.74, 6) is -1.52. The number of aromatic nitrogens is 2. The molecule has 1 amide bonds. The highest BCUT2D eigenvalue weighted by Gasteiger charge is 2.45. The number of amides is 1. The van der Waals surface area contributed by atoms with E-state index in [1.54, 1.807) is 0 Å². The zero-order valence-electron chi connectivity index (χ0n) is 17.0. The van der Waals surface area contributed by atoms with Gasteiger partial charge in [-0.25, -0.2) is 17.2 Å². The predicted molar refractivity (Wildman–Crippen MR) is 106 cm³/mol. The van der Waals surface area contributed by atoms with Crippen LogP contribution in [0.2, 0.25) is 0 Å². The average molecular weight is 455 g/mol. The fraction of sp³-hybridized carbons (Fsp3) is 0.474. The number of likely N-dealkylation sites (N-methyl/N-ethyl adjacent to an activating group) is 1. The van der Waals surface area contributed by atoms with Gasteiger partial charge in [-0.05, 0) is 24.6 Å². The van der Waals surface area contributed by atoms with Crippen LogP contribution in [0.1, 0.15) is 35.4 Å². The number of ether oxygens (including phenoxy) is 1. The minimum atomic E-state index is -3.65. The third-order valence-corrected chi connectivity index (χ3v) is 6.71. The highest BCUT2D eigenvalue weighted by molar-refractivity contribution is 7.89. The molecule has 0 unspecified atom stereocenters. The van der Waals surface area contributed by atoms with Crippen molar-refractivity contribution < 1.29 is 26.7 Å². The van der Waals surface area contributed by atoms with Gasteiger partial charge in [0.15, 0.2) is 0 Å². The van der Waals surface area contributed by atoms with Gasteiger partial charge in [0.1, 0.15) is 23.8 Å². The molecule has 168 valence electrons. The van der Waals surface area contributed by atoms with Gasteiger partial charge in [-0.15, -0.1) is 0 Å². The van der Waals surface area contributed by atoms with Crippen molar-refractivity contribution in [1.82, 2.24) is 19.4 Å². The first-order chi connectivity index (χ1) is 14.6. The standard InChI is InChI=1S/C19H23F2N5O4S/c1-23-19(27)17-13-7-24-26(31(2,28)29)16(13)8-25(17)11-6-15(22)18(30-9-11)12-5-10(20)3-4-14(12)21/h3-5,7,11,15,17-18H,6,8-9,22H2,1-2H3,(H,23,27)/t11-,15+,17-,18-/m1/s1. The molecule has 1 fully saturated rings. The second-order valence-corrected chi connectivity index (χ2v) is 9.63. The van der Waals surface area contributed by atoms with Gasteiger partial charge in [0, 0.05) is 36.8 Å². The normalized spacial score (nSPS) is 26.6. The summed E-state index contributed by atoms with van der Waals surface area (Å²) >= 11 is 0. The van der Waals surface area contributed by atoms with Gasteiger partial charge in [-0.3, -0.25) is 9.69 Å². The number of nitrogens with one attached hydrogen (secondary N) is 1. The molecule has 9 nitrogen and oxygen atoms in total. The van der Waals surface area contributed by atoms with E-state index in [2.05, 4.69) is 10.4 Å². The number of carbonyl (C=O) groups is 1. The zero-order chi connectivity index (χ0) is 22.5. The van der Waals surface area contributed by atoms with Gasteiger partial charge in [0.05, 0.1) is 24.8 Å². The minimum absolute atomic E-state index is 0.0474. The molecular formula is C19H23F2N5O4S. The van der Waals surface area contributed by atoms with Crippen molar-refractivity contribution in [3.8, 4) is 0 Å². The number of rotatable bonds is 4. The van der Waals surface area contributed by atoms with E-state index in [0.717, 1.165) is 28.5 Å². The highest BCUT2D eigenvalue weighted by atomic mass is 32.2. The molecule has 2 aliphatic heterocycles. The molecule has 0 spiro atoms. The summed E-state index contributed by atoms with van der Waals surface area (Å²) in [7, 11) is -2.15. The molecule has 1 aromatic carbocycles. The van der Waals surface area contributed by atoms with Gasteiger partial charge in [0.2, 0.25) is 5.91 Å². The van der Waals surface area contributed by atoms with Crippen LogP contribution in [0.5, 0.6) is 0 Å². The van der Waals surface area contributed by atoms with Crippen LogP contribution in [0.4, 0.5) is 8.78 Å². The zero-order valence-corrected chi connectivity index (χ0v) is 17.8. The molecule has 0 bridgehead atoms. The van der Waals surface area contributed by atoms with Gasteiger partial charge < -0.3 is 15.8 Å². The number of carbonyl (C=O) groups excluding carboxylic acids is 1. The van der Waals surface area contributed by atoms with Crippen molar-refractivity contribution in [1.29, 1.82) is 0 Å². The van der Waals surface area contributed by atoms with Crippen molar-refractivity contribution in [2.75, 3.05) is 19.9 Å². The lowest BCUT2D eigenvalue weighted by atomic mass is 9.92. The molecule has 12 heteroatoms. The monoisotopic (exact) mass is 455 g/mol. The van der Waals surface area contributed by atoms with Gasteiger partial charge >= 0.3 is 0 Å². The number of halogens is 2. The lowest BCUT2D eigenvalue weighted by Crippen LogP contribution is -2.50. The number of nitrogens with zero attached hydrogens (tertiary/aromatic N) is 3. The summed E-state index contributed by atoms with van der Waals surface area (Å²) < 4.78 is 58.7. The van der Waals surface area contributed by atoms with Crippen LogP contribution in [0, 0.1) is 11.6 Å². The molecular weight excluding hydrogens is 432 g/mol. The van der Waals surface area contributed by atoms with E-state index in [9.17, 15) is 22.0 Å². The molecule has 0 saturated carbocycles. The Morgan fingerprint density at radius 2 is 2.06 bits per heavy atom. The number of hydrogen-bond donors (Lipinski definition) is 2. The maximum Gasteiger partial charge on any atom is 0.251 e. The van der Waals surface area contributed by atoms with Crippen molar-refractivity contribution in [3.05, 3.63) is 52.9 Å². The maximum absolute atomic E-state index is 14.2. The Morgan fingerprint density at radius 3 is 2.71 bits per heavy atom. The first kappa shape index (κ1) is 21.8. The van der Waals surface area contributed by atoms with Gasteiger partial charge in [-0.2, -0.15) is 9.19 Å². The maximum atomic E-state index is 14.2. The van der Waals surface area contributed by atoms with Gasteiger partial charge in [-0.1, -0.05) is 0 Å². The first-order valence-electron chi connectivity index (χ1n) is 9.68. The second kappa shape index (κ2) is 7.93. The molecule has 0 aliphatic carbocycles. The van der Waals surface area contributed by atoms with Crippen LogP contribution in [0.3, 0.4) is 0 Å². The quantitative estimate of drug-likeness (QED) is 0.686. The number of nitrogens with two attached hydrogens (primary N) is 1. The largest absolute Gasteiger partial charge is 0.370 e. The molecule has 4 rings (SSSR count). The van der Waals surface area contributed by atoms with E-state index in [0.29, 0.717) is 17.7 Å². The summed E-state index contributed by atoms with van der Waals surface area (Å²) in [6.07, 6.45) is 1.92. The third-order valence-electron chi connectivity index (χ3n) is 5.77. The van der Waals surface area contributed by atoms with Crippen molar-refractivity contribution >= 4 is 15.9 Å². The van der Waals surface area contributed by atoms with Gasteiger partial charge in [0.25, 0.3) is 10.0 Å². The Hall–Kier alpha value is -2.41. The molecule has 0 radical (unpaired) electrons. The molecule has 2 aromatic rings. The van der Waals surface area contributed by atoms with E-state index in [4.69, 9.17) is 10.5 Å². The smallest absolute Gasteiger partial charge is 0.251 e. The molecule has 1 aromatic heterocycles. The lowest BCUT2D eigenvalue weighted by Gasteiger charge is -2.40. The molecule has 3 N–H and O–H groups in total. The van der Waals surface area contributed by atoms with Crippen LogP contribution >= 0.6 is 0 Å². The summed E-state index contributed by atoms with van der Waals surface area (Å²) in [6.45, 7) is 0.263. The third kappa shape index (κ3) is 3.84. The van der Waals surface area contributed by atoms with E-state index in [1.807, 2.05) is 4.90 Å². The minimum Gasteiger partial charge on any atom is -0.370 e. The van der Waals surface area contributed by atoms with E-state index in [-0.39, 0.29) is 30.7 Å². The molecule has 1 saturated heterocycles. The Kier molecular flexibility index (Phi) is 5.58. The molecule has 4 atom stereocenters. The van der Waals surface area contributed by atoms with Crippen LogP contribution in [-0.4, -0.2) is 60.4 Å². The predicted octanol–water partition coefficient (Wildman–Crippen LogP) is 0.429. The number of benzene rings is 1. The Bertz CT molecular complexity index is 1120. The molecule has 31 heavy (non-hydrogen) atoms. The van der Waals surface area contributed by atoms with Crippen LogP contribution in [0.15, 0.2) is 24.4 Å². The van der Waals surface area contributed by atoms with Crippen LogP contribution in [-0.2, 0) is 26.1 Å². The second-order valence-electron chi connectivity index (χ2n) is 7.81. The molecule has 3 heterocycles. The van der Waals surface area contributed by atoms with Crippen molar-refractivity contribution in [2.45, 2.75) is 37.2 Å². The van der Waals surface area contributed by atoms with Crippen LogP contribution < -0.4 is 11.1 Å². The fourth-order valence-corrected chi connectivity index (χ4v) is 5.16. The SMILES string of the molecule is CNC(=O)[C@H]1c2cnn(S(C)(=O)=O)c2CN1[C@H]1CO[C@H](c2cc(F)ccc2F)[C@@H](N)C1. The van der Waals surface area contributed by atoms with Crippen molar-refractivity contribution in [3.63, 3.8) is 0 Å². The van der Waals surface area contributed by atoms with E-state index < -0.39 is 39.8 Å². The first-order valence-corrected chi connectivity index (χ1v) is 11.5. The summed E-state index contributed by atoms with van der Waals surface area (Å²) in [4.78, 5) is 14.4. The van der Waals surface area contributed by atoms with Crippen LogP contribution in [0.25, 0.3) is 0 Å². The lowest BCUT2D eigenvalue weighted by molar-refractivity contribution is -0.129. The Balaban J connectivity index is 1.60. The Labute approximate surface area is 178 Å². The number of fused-ring (bicyclic) bond motifs is 1. The van der Waals surface area contributed by atoms with E-state index >= 15 is 0 Å². The summed E-state index contributed by atoms with van der Waals surface area (Å²) in [6, 6.07) is 1.36. The molecule has 2 aliphatic rings. The summed E-state index contributed by atoms with van der Waals surface area (Å²) in [5, 5.41) is 6.52. The summed E-state index contributed by atoms with van der Waals surface area (Å²) in [5.41, 5.74) is 7.22. The number of hydrogen-bond acceptors (Lipinski definition) is 7. The Morgan fingerprint density at radius 1 is 1.32 bits per heavy atom. The van der Waals surface area contributed by atoms with Crippen molar-refractivity contribution in [2.24, 2.45) is 5.73 Å².